The predicted molar refractivity (Wildman–Crippen MR) is 77.3 cm³/mol. The van der Waals surface area contributed by atoms with E-state index in [2.05, 4.69) is 53.3 Å². The van der Waals surface area contributed by atoms with E-state index in [0.717, 1.165) is 12.5 Å². The topological polar surface area (TPSA) is 12.0 Å². The molecule has 0 aromatic heterocycles. The van der Waals surface area contributed by atoms with E-state index < -0.39 is 0 Å². The van der Waals surface area contributed by atoms with Gasteiger partial charge in [-0.25, -0.2) is 0 Å². The van der Waals surface area contributed by atoms with E-state index in [1.54, 1.807) is 0 Å². The van der Waals surface area contributed by atoms with Gasteiger partial charge >= 0.3 is 0 Å². The van der Waals surface area contributed by atoms with Crippen molar-refractivity contribution in [3.63, 3.8) is 0 Å². The molecule has 1 aliphatic carbocycles. The molecule has 2 rings (SSSR count). The van der Waals surface area contributed by atoms with Crippen molar-refractivity contribution in [2.75, 3.05) is 6.54 Å². The molecule has 1 aromatic carbocycles. The highest BCUT2D eigenvalue weighted by Gasteiger charge is 2.27. The first-order valence-corrected chi connectivity index (χ1v) is 7.51. The van der Waals surface area contributed by atoms with Crippen LogP contribution in [0.25, 0.3) is 0 Å². The lowest BCUT2D eigenvalue weighted by Crippen LogP contribution is -2.27. The second kappa shape index (κ2) is 6.01. The van der Waals surface area contributed by atoms with E-state index in [4.69, 9.17) is 0 Å². The molecule has 1 nitrogen and oxygen atoms in total. The monoisotopic (exact) mass is 295 g/mol. The molecular weight excluding hydrogens is 274 g/mol. The third-order valence-electron chi connectivity index (χ3n) is 3.85. The van der Waals surface area contributed by atoms with Gasteiger partial charge in [0.15, 0.2) is 0 Å². The highest BCUT2D eigenvalue weighted by Crippen LogP contribution is 2.38. The van der Waals surface area contributed by atoms with E-state index in [1.807, 2.05) is 0 Å². The van der Waals surface area contributed by atoms with Crippen LogP contribution < -0.4 is 5.32 Å². The number of hydrogen-bond donors (Lipinski definition) is 1. The lowest BCUT2D eigenvalue weighted by atomic mass is 9.91. The van der Waals surface area contributed by atoms with Crippen LogP contribution in [0.4, 0.5) is 0 Å². The zero-order valence-corrected chi connectivity index (χ0v) is 12.4. The van der Waals surface area contributed by atoms with Crippen molar-refractivity contribution in [3.05, 3.63) is 33.8 Å². The molecule has 0 heterocycles. The zero-order valence-electron chi connectivity index (χ0n) is 10.8. The number of benzene rings is 1. The van der Waals surface area contributed by atoms with Crippen molar-refractivity contribution in [1.82, 2.24) is 5.32 Å². The van der Waals surface area contributed by atoms with E-state index in [9.17, 15) is 0 Å². The molecule has 17 heavy (non-hydrogen) atoms. The average molecular weight is 296 g/mol. The van der Waals surface area contributed by atoms with E-state index in [-0.39, 0.29) is 0 Å². The maximum atomic E-state index is 3.76. The quantitative estimate of drug-likeness (QED) is 0.856. The molecule has 1 N–H and O–H groups in total. The van der Waals surface area contributed by atoms with Crippen molar-refractivity contribution in [2.24, 2.45) is 5.92 Å². The van der Waals surface area contributed by atoms with Gasteiger partial charge in [0.1, 0.15) is 0 Å². The van der Waals surface area contributed by atoms with Gasteiger partial charge in [-0.2, -0.15) is 0 Å². The van der Waals surface area contributed by atoms with E-state index in [1.165, 1.54) is 41.3 Å². The van der Waals surface area contributed by atoms with Gasteiger partial charge in [-0.05, 0) is 43.4 Å². The van der Waals surface area contributed by atoms with E-state index >= 15 is 0 Å². The molecule has 1 saturated carbocycles. The Bertz CT molecular complexity index is 369. The maximum Gasteiger partial charge on any atom is 0.0359 e. The summed E-state index contributed by atoms with van der Waals surface area (Å²) in [4.78, 5) is 0. The summed E-state index contributed by atoms with van der Waals surface area (Å²) < 4.78 is 1.29. The lowest BCUT2D eigenvalue weighted by Gasteiger charge is -2.26. The summed E-state index contributed by atoms with van der Waals surface area (Å²) in [5.74, 6) is 0.813. The van der Waals surface area contributed by atoms with E-state index in [0.29, 0.717) is 6.04 Å². The molecule has 1 unspecified atom stereocenters. The molecule has 0 amide bonds. The molecule has 1 aromatic rings. The molecular formula is C15H22BrN. The highest BCUT2D eigenvalue weighted by molar-refractivity contribution is 9.10. The third-order valence-corrected chi connectivity index (χ3v) is 4.94. The van der Waals surface area contributed by atoms with Crippen molar-refractivity contribution in [3.8, 4) is 0 Å². The molecule has 1 atom stereocenters. The summed E-state index contributed by atoms with van der Waals surface area (Å²) in [5.41, 5.74) is 2.78. The summed E-state index contributed by atoms with van der Waals surface area (Å²) >= 11 is 3.76. The molecule has 1 aliphatic rings. The second-order valence-electron chi connectivity index (χ2n) is 5.06. The highest BCUT2D eigenvalue weighted by atomic mass is 79.9. The van der Waals surface area contributed by atoms with Crippen molar-refractivity contribution in [2.45, 2.75) is 45.6 Å². The first kappa shape index (κ1) is 13.1. The zero-order chi connectivity index (χ0) is 12.3. The minimum absolute atomic E-state index is 0.525. The molecule has 1 fully saturated rings. The van der Waals surface area contributed by atoms with Gasteiger partial charge in [-0.3, -0.25) is 0 Å². The Kier molecular flexibility index (Phi) is 4.63. The van der Waals surface area contributed by atoms with Crippen molar-refractivity contribution >= 4 is 15.9 Å². The predicted octanol–water partition coefficient (Wildman–Crippen LogP) is 4.60. The van der Waals surface area contributed by atoms with Crippen LogP contribution in [0.5, 0.6) is 0 Å². The maximum absolute atomic E-state index is 3.76. The largest absolute Gasteiger partial charge is 0.310 e. The van der Waals surface area contributed by atoms with Gasteiger partial charge in [0.2, 0.25) is 0 Å². The minimum atomic E-state index is 0.525. The standard InChI is InChI=1S/C15H22BrN/c1-3-17-15(12-8-4-5-9-12)13-10-6-7-11(2)14(13)16/h6-7,10,12,15,17H,3-5,8-9H2,1-2H3. The molecule has 0 aliphatic heterocycles. The van der Waals surface area contributed by atoms with Gasteiger partial charge < -0.3 is 5.32 Å². The number of rotatable bonds is 4. The smallest absolute Gasteiger partial charge is 0.0359 e. The van der Waals surface area contributed by atoms with Gasteiger partial charge in [0.25, 0.3) is 0 Å². The Morgan fingerprint density at radius 2 is 2.06 bits per heavy atom. The summed E-state index contributed by atoms with van der Waals surface area (Å²) in [6, 6.07) is 7.14. The van der Waals surface area contributed by atoms with Crippen LogP contribution in [-0.4, -0.2) is 6.54 Å². The summed E-state index contributed by atoms with van der Waals surface area (Å²) in [6.07, 6.45) is 5.54. The van der Waals surface area contributed by atoms with Crippen molar-refractivity contribution in [1.29, 1.82) is 0 Å². The second-order valence-corrected chi connectivity index (χ2v) is 5.85. The fourth-order valence-electron chi connectivity index (χ4n) is 2.95. The fourth-order valence-corrected chi connectivity index (χ4v) is 3.46. The van der Waals surface area contributed by atoms with Crippen LogP contribution in [0, 0.1) is 12.8 Å². The molecule has 0 saturated heterocycles. The molecule has 94 valence electrons. The van der Waals surface area contributed by atoms with Gasteiger partial charge in [-0.1, -0.05) is 53.9 Å². The summed E-state index contributed by atoms with van der Waals surface area (Å²) in [7, 11) is 0. The SMILES string of the molecule is CCNC(c1cccc(C)c1Br)C1CCCC1. The first-order valence-electron chi connectivity index (χ1n) is 6.72. The number of aryl methyl sites for hydroxylation is 1. The lowest BCUT2D eigenvalue weighted by molar-refractivity contribution is 0.373. The minimum Gasteiger partial charge on any atom is -0.310 e. The van der Waals surface area contributed by atoms with Crippen LogP contribution in [0.2, 0.25) is 0 Å². The van der Waals surface area contributed by atoms with Gasteiger partial charge in [0, 0.05) is 10.5 Å². The van der Waals surface area contributed by atoms with Crippen LogP contribution in [0.3, 0.4) is 0 Å². The van der Waals surface area contributed by atoms with Crippen LogP contribution in [0.1, 0.15) is 49.8 Å². The summed E-state index contributed by atoms with van der Waals surface area (Å²) in [6.45, 7) is 5.42. The van der Waals surface area contributed by atoms with Gasteiger partial charge in [0.05, 0.1) is 0 Å². The molecule has 0 spiro atoms. The normalized spacial score (nSPS) is 18.5. The Balaban J connectivity index is 2.27. The fraction of sp³-hybridized carbons (Fsp3) is 0.600. The Hall–Kier alpha value is -0.340. The first-order chi connectivity index (χ1) is 8.24. The number of halogens is 1. The Labute approximate surface area is 113 Å². The number of nitrogens with one attached hydrogen (secondary N) is 1. The third kappa shape index (κ3) is 2.92. The summed E-state index contributed by atoms with van der Waals surface area (Å²) in [5, 5.41) is 3.68. The number of hydrogen-bond acceptors (Lipinski definition) is 1. The average Bonchev–Trinajstić information content (AvgIpc) is 2.84. The Morgan fingerprint density at radius 1 is 1.35 bits per heavy atom. The van der Waals surface area contributed by atoms with Crippen molar-refractivity contribution < 1.29 is 0 Å². The Morgan fingerprint density at radius 3 is 2.71 bits per heavy atom. The molecule has 0 bridgehead atoms. The molecule has 0 radical (unpaired) electrons. The molecule has 2 heteroatoms. The van der Waals surface area contributed by atoms with Gasteiger partial charge in [-0.15, -0.1) is 0 Å². The van der Waals surface area contributed by atoms with Crippen LogP contribution >= 0.6 is 15.9 Å². The van der Waals surface area contributed by atoms with Crippen LogP contribution in [-0.2, 0) is 0 Å². The van der Waals surface area contributed by atoms with Crippen LogP contribution in [0.15, 0.2) is 22.7 Å².